The first-order chi connectivity index (χ1) is 16.6. The van der Waals surface area contributed by atoms with Crippen molar-refractivity contribution in [3.05, 3.63) is 60.8 Å². The molecule has 0 spiro atoms. The summed E-state index contributed by atoms with van der Waals surface area (Å²) >= 11 is 1.30. The molecular weight excluding hydrogens is 510 g/mol. The minimum Gasteiger partial charge on any atom is -0.378 e. The third kappa shape index (κ3) is 6.84. The zero-order valence-corrected chi connectivity index (χ0v) is 21.6. The van der Waals surface area contributed by atoms with E-state index in [9.17, 15) is 16.8 Å². The van der Waals surface area contributed by atoms with E-state index in [1.54, 1.807) is 42.5 Å². The second-order valence-electron chi connectivity index (χ2n) is 7.84. The van der Waals surface area contributed by atoms with Gasteiger partial charge in [0.1, 0.15) is 5.03 Å². The SMILES string of the molecule is CS(=O)(=O)Nc1ccc(Sc2ccnc(N(c3ccc(N4CCOCC4)cc3)S(C)(=O)=O)n2)cc1. The second kappa shape index (κ2) is 10.4. The summed E-state index contributed by atoms with van der Waals surface area (Å²) in [5.74, 6) is 0.0342. The Labute approximate surface area is 209 Å². The molecule has 0 radical (unpaired) electrons. The molecule has 2 heterocycles. The van der Waals surface area contributed by atoms with E-state index >= 15 is 0 Å². The summed E-state index contributed by atoms with van der Waals surface area (Å²) in [5.41, 5.74) is 1.87. The first-order valence-corrected chi connectivity index (χ1v) is 15.2. The molecule has 1 aliphatic heterocycles. The van der Waals surface area contributed by atoms with E-state index in [1.807, 2.05) is 12.1 Å². The number of rotatable bonds is 8. The van der Waals surface area contributed by atoms with Crippen LogP contribution in [0.3, 0.4) is 0 Å². The monoisotopic (exact) mass is 535 g/mol. The lowest BCUT2D eigenvalue weighted by molar-refractivity contribution is 0.122. The van der Waals surface area contributed by atoms with Gasteiger partial charge in [-0.3, -0.25) is 4.72 Å². The summed E-state index contributed by atoms with van der Waals surface area (Å²) in [4.78, 5) is 11.7. The molecule has 0 amide bonds. The average molecular weight is 536 g/mol. The van der Waals surface area contributed by atoms with Gasteiger partial charge in [0.25, 0.3) is 0 Å². The Hall–Kier alpha value is -2.87. The molecule has 4 rings (SSSR count). The minimum atomic E-state index is -3.72. The van der Waals surface area contributed by atoms with Crippen LogP contribution >= 0.6 is 11.8 Å². The maximum atomic E-state index is 12.7. The first kappa shape index (κ1) is 25.2. The highest BCUT2D eigenvalue weighted by atomic mass is 32.2. The number of anilines is 4. The Morgan fingerprint density at radius 1 is 0.943 bits per heavy atom. The van der Waals surface area contributed by atoms with Crippen molar-refractivity contribution < 1.29 is 21.6 Å². The molecule has 3 aromatic rings. The predicted molar refractivity (Wildman–Crippen MR) is 138 cm³/mol. The fraction of sp³-hybridized carbons (Fsp3) is 0.273. The number of morpholine rings is 1. The number of sulfonamides is 2. The van der Waals surface area contributed by atoms with Crippen LogP contribution in [-0.4, -0.2) is 65.6 Å². The molecule has 186 valence electrons. The molecule has 1 saturated heterocycles. The van der Waals surface area contributed by atoms with Crippen molar-refractivity contribution in [2.24, 2.45) is 0 Å². The van der Waals surface area contributed by atoms with E-state index in [1.165, 1.54) is 18.0 Å². The Kier molecular flexibility index (Phi) is 7.50. The van der Waals surface area contributed by atoms with Crippen LogP contribution in [0.2, 0.25) is 0 Å². The van der Waals surface area contributed by atoms with Crippen molar-refractivity contribution in [2.75, 3.05) is 52.7 Å². The average Bonchev–Trinajstić information content (AvgIpc) is 2.80. The molecule has 13 heteroatoms. The van der Waals surface area contributed by atoms with E-state index in [-0.39, 0.29) is 5.95 Å². The standard InChI is InChI=1S/C22H25N5O5S3/c1-34(28,29)25-17-3-9-20(10-4-17)33-21-11-12-23-22(24-21)27(35(2,30)31)19-7-5-18(6-8-19)26-13-15-32-16-14-26/h3-12,25H,13-16H2,1-2H3. The molecule has 0 bridgehead atoms. The summed E-state index contributed by atoms with van der Waals surface area (Å²) in [6.07, 6.45) is 3.70. The van der Waals surface area contributed by atoms with Crippen LogP contribution in [0.25, 0.3) is 0 Å². The van der Waals surface area contributed by atoms with Crippen molar-refractivity contribution in [3.8, 4) is 0 Å². The van der Waals surface area contributed by atoms with Gasteiger partial charge in [-0.25, -0.2) is 31.1 Å². The number of hydrogen-bond acceptors (Lipinski definition) is 9. The molecule has 10 nitrogen and oxygen atoms in total. The topological polar surface area (TPSA) is 122 Å². The van der Waals surface area contributed by atoms with Gasteiger partial charge in [0.2, 0.25) is 26.0 Å². The van der Waals surface area contributed by atoms with Gasteiger partial charge in [-0.1, -0.05) is 11.8 Å². The van der Waals surface area contributed by atoms with Gasteiger partial charge in [0.05, 0.1) is 31.4 Å². The van der Waals surface area contributed by atoms with Crippen LogP contribution in [-0.2, 0) is 24.8 Å². The minimum absolute atomic E-state index is 0.0342. The van der Waals surface area contributed by atoms with Gasteiger partial charge in [-0.2, -0.15) is 0 Å². The molecule has 0 unspecified atom stereocenters. The Bertz CT molecular complexity index is 1380. The highest BCUT2D eigenvalue weighted by molar-refractivity contribution is 7.99. The highest BCUT2D eigenvalue weighted by Gasteiger charge is 2.23. The first-order valence-electron chi connectivity index (χ1n) is 10.6. The fourth-order valence-corrected chi connectivity index (χ4v) is 5.71. The highest BCUT2D eigenvalue weighted by Crippen LogP contribution is 2.32. The molecule has 0 aliphatic carbocycles. The lowest BCUT2D eigenvalue weighted by atomic mass is 10.2. The third-order valence-electron chi connectivity index (χ3n) is 4.97. The maximum Gasteiger partial charge on any atom is 0.245 e. The number of nitrogens with one attached hydrogen (secondary N) is 1. The number of nitrogens with zero attached hydrogens (tertiary/aromatic N) is 4. The molecule has 1 aromatic heterocycles. The zero-order chi connectivity index (χ0) is 25.1. The smallest absolute Gasteiger partial charge is 0.245 e. The van der Waals surface area contributed by atoms with Gasteiger partial charge < -0.3 is 9.64 Å². The Morgan fingerprint density at radius 3 is 2.20 bits per heavy atom. The van der Waals surface area contributed by atoms with Crippen molar-refractivity contribution in [3.63, 3.8) is 0 Å². The van der Waals surface area contributed by atoms with Crippen LogP contribution in [0.15, 0.2) is 70.7 Å². The number of ether oxygens (including phenoxy) is 1. The third-order valence-corrected chi connectivity index (χ3v) is 7.56. The van der Waals surface area contributed by atoms with Gasteiger partial charge in [-0.05, 0) is 54.6 Å². The van der Waals surface area contributed by atoms with Crippen LogP contribution in [0, 0.1) is 0 Å². The number of benzene rings is 2. The van der Waals surface area contributed by atoms with Crippen molar-refractivity contribution >= 4 is 54.8 Å². The van der Waals surface area contributed by atoms with E-state index < -0.39 is 20.0 Å². The van der Waals surface area contributed by atoms with Crippen LogP contribution in [0.5, 0.6) is 0 Å². The van der Waals surface area contributed by atoms with Crippen LogP contribution in [0.1, 0.15) is 0 Å². The Balaban J connectivity index is 1.56. The van der Waals surface area contributed by atoms with Gasteiger partial charge >= 0.3 is 0 Å². The van der Waals surface area contributed by atoms with E-state index in [2.05, 4.69) is 19.6 Å². The van der Waals surface area contributed by atoms with Gasteiger partial charge in [0.15, 0.2) is 0 Å². The van der Waals surface area contributed by atoms with Crippen molar-refractivity contribution in [1.29, 1.82) is 0 Å². The molecule has 1 N–H and O–H groups in total. The van der Waals surface area contributed by atoms with Crippen molar-refractivity contribution in [1.82, 2.24) is 9.97 Å². The Morgan fingerprint density at radius 2 is 1.60 bits per heavy atom. The molecule has 1 aliphatic rings. The lowest BCUT2D eigenvalue weighted by Crippen LogP contribution is -2.36. The van der Waals surface area contributed by atoms with E-state index in [0.29, 0.717) is 29.6 Å². The summed E-state index contributed by atoms with van der Waals surface area (Å²) in [7, 11) is -7.08. The predicted octanol–water partition coefficient (Wildman–Crippen LogP) is 2.93. The maximum absolute atomic E-state index is 12.7. The van der Waals surface area contributed by atoms with Gasteiger partial charge in [0, 0.05) is 35.6 Å². The lowest BCUT2D eigenvalue weighted by Gasteiger charge is -2.29. The fourth-order valence-electron chi connectivity index (χ4n) is 3.49. The number of aromatic nitrogens is 2. The molecule has 1 fully saturated rings. The molecule has 2 aromatic carbocycles. The van der Waals surface area contributed by atoms with Crippen LogP contribution in [0.4, 0.5) is 23.0 Å². The van der Waals surface area contributed by atoms with Gasteiger partial charge in [-0.15, -0.1) is 0 Å². The summed E-state index contributed by atoms with van der Waals surface area (Å²) in [6, 6.07) is 15.7. The second-order valence-corrected chi connectivity index (χ2v) is 12.5. The van der Waals surface area contributed by atoms with E-state index in [4.69, 9.17) is 4.74 Å². The molecular formula is C22H25N5O5S3. The normalized spacial score (nSPS) is 14.5. The quantitative estimate of drug-likeness (QED) is 0.434. The largest absolute Gasteiger partial charge is 0.378 e. The van der Waals surface area contributed by atoms with Crippen molar-refractivity contribution in [2.45, 2.75) is 9.92 Å². The van der Waals surface area contributed by atoms with E-state index in [0.717, 1.165) is 40.5 Å². The molecule has 35 heavy (non-hydrogen) atoms. The zero-order valence-electron chi connectivity index (χ0n) is 19.2. The summed E-state index contributed by atoms with van der Waals surface area (Å²) in [5, 5.41) is 0.539. The molecule has 0 atom stereocenters. The summed E-state index contributed by atoms with van der Waals surface area (Å²) in [6.45, 7) is 2.88. The molecule has 0 saturated carbocycles. The van der Waals surface area contributed by atoms with Crippen LogP contribution < -0.4 is 13.9 Å². The summed E-state index contributed by atoms with van der Waals surface area (Å²) < 4.78 is 57.1. The number of hydrogen-bond donors (Lipinski definition) is 1.